The van der Waals surface area contributed by atoms with Gasteiger partial charge in [0.15, 0.2) is 5.82 Å². The zero-order valence-corrected chi connectivity index (χ0v) is 16.1. The Hall–Kier alpha value is -1.85. The maximum atomic E-state index is 12.7. The molecule has 0 unspecified atom stereocenters. The SMILES string of the molecule is CCCCC1CCC(NC(=O)N2CCCN(c3cccnn3)CC2)CC1. The molecule has 1 N–H and O–H groups in total. The number of nitrogens with one attached hydrogen (secondary N) is 1. The third-order valence-electron chi connectivity index (χ3n) is 5.81. The van der Waals surface area contributed by atoms with E-state index in [-0.39, 0.29) is 6.03 Å². The molecule has 0 radical (unpaired) electrons. The van der Waals surface area contributed by atoms with Gasteiger partial charge in [0.25, 0.3) is 0 Å². The summed E-state index contributed by atoms with van der Waals surface area (Å²) in [4.78, 5) is 16.9. The first-order chi connectivity index (χ1) is 12.8. The van der Waals surface area contributed by atoms with Crippen LogP contribution in [0.5, 0.6) is 0 Å². The fourth-order valence-corrected chi connectivity index (χ4v) is 4.17. The van der Waals surface area contributed by atoms with Gasteiger partial charge in [-0.1, -0.05) is 26.2 Å². The fourth-order valence-electron chi connectivity index (χ4n) is 4.17. The fraction of sp³-hybridized carbons (Fsp3) is 0.750. The number of anilines is 1. The summed E-state index contributed by atoms with van der Waals surface area (Å²) in [5, 5.41) is 11.4. The average Bonchev–Trinajstić information content (AvgIpc) is 2.94. The maximum absolute atomic E-state index is 12.7. The molecule has 2 amide bonds. The van der Waals surface area contributed by atoms with E-state index in [0.29, 0.717) is 6.04 Å². The van der Waals surface area contributed by atoms with E-state index in [1.165, 1.54) is 32.1 Å². The smallest absolute Gasteiger partial charge is 0.317 e. The minimum absolute atomic E-state index is 0.114. The van der Waals surface area contributed by atoms with Crippen LogP contribution >= 0.6 is 0 Å². The minimum atomic E-state index is 0.114. The van der Waals surface area contributed by atoms with Crippen molar-refractivity contribution in [2.24, 2.45) is 5.92 Å². The van der Waals surface area contributed by atoms with E-state index >= 15 is 0 Å². The number of amides is 2. The summed E-state index contributed by atoms with van der Waals surface area (Å²) in [5.74, 6) is 1.78. The maximum Gasteiger partial charge on any atom is 0.317 e. The topological polar surface area (TPSA) is 61.4 Å². The van der Waals surface area contributed by atoms with Gasteiger partial charge in [0, 0.05) is 38.4 Å². The molecule has 1 aliphatic heterocycles. The molecule has 1 saturated heterocycles. The number of hydrogen-bond acceptors (Lipinski definition) is 4. The molecule has 0 atom stereocenters. The number of aromatic nitrogens is 2. The monoisotopic (exact) mass is 359 g/mol. The molecule has 1 aromatic rings. The van der Waals surface area contributed by atoms with Gasteiger partial charge in [0.05, 0.1) is 0 Å². The number of rotatable bonds is 5. The van der Waals surface area contributed by atoms with Crippen LogP contribution in [0, 0.1) is 5.92 Å². The van der Waals surface area contributed by atoms with Gasteiger partial charge < -0.3 is 15.1 Å². The molecule has 2 aliphatic rings. The van der Waals surface area contributed by atoms with Gasteiger partial charge in [0.2, 0.25) is 0 Å². The highest BCUT2D eigenvalue weighted by molar-refractivity contribution is 5.74. The molecule has 6 heteroatoms. The second-order valence-corrected chi connectivity index (χ2v) is 7.72. The molecule has 3 rings (SSSR count). The number of carbonyl (C=O) groups excluding carboxylic acids is 1. The highest BCUT2D eigenvalue weighted by Gasteiger charge is 2.25. The highest BCUT2D eigenvalue weighted by Crippen LogP contribution is 2.28. The van der Waals surface area contributed by atoms with Crippen LogP contribution in [0.15, 0.2) is 18.3 Å². The largest absolute Gasteiger partial charge is 0.353 e. The lowest BCUT2D eigenvalue weighted by molar-refractivity contribution is 0.189. The van der Waals surface area contributed by atoms with Crippen molar-refractivity contribution in [1.82, 2.24) is 20.4 Å². The lowest BCUT2D eigenvalue weighted by atomic mass is 9.83. The Bertz CT molecular complexity index is 544. The number of nitrogens with zero attached hydrogens (tertiary/aromatic N) is 4. The van der Waals surface area contributed by atoms with Crippen molar-refractivity contribution in [1.29, 1.82) is 0 Å². The Balaban J connectivity index is 1.43. The predicted octanol–water partition coefficient (Wildman–Crippen LogP) is 3.45. The normalized spacial score (nSPS) is 24.2. The summed E-state index contributed by atoms with van der Waals surface area (Å²) in [6.45, 7) is 5.56. The van der Waals surface area contributed by atoms with Gasteiger partial charge >= 0.3 is 6.03 Å². The quantitative estimate of drug-likeness (QED) is 0.875. The zero-order chi connectivity index (χ0) is 18.2. The second-order valence-electron chi connectivity index (χ2n) is 7.72. The molecular weight excluding hydrogens is 326 g/mol. The third-order valence-corrected chi connectivity index (χ3v) is 5.81. The Kier molecular flexibility index (Phi) is 7.09. The van der Waals surface area contributed by atoms with Crippen LogP contribution in [-0.4, -0.2) is 53.3 Å². The molecule has 1 saturated carbocycles. The highest BCUT2D eigenvalue weighted by atomic mass is 16.2. The van der Waals surface area contributed by atoms with Crippen LogP contribution in [0.4, 0.5) is 10.6 Å². The molecule has 26 heavy (non-hydrogen) atoms. The van der Waals surface area contributed by atoms with Gasteiger partial charge in [-0.2, -0.15) is 5.10 Å². The Morgan fingerprint density at radius 3 is 2.77 bits per heavy atom. The first kappa shape index (κ1) is 18.9. The standard InChI is InChI=1S/C20H33N5O/c1-2-3-6-17-8-10-18(11-9-17)22-20(26)25-14-5-13-24(15-16-25)19-7-4-12-21-23-19/h4,7,12,17-18H,2-3,5-6,8-11,13-16H2,1H3,(H,22,26). The molecule has 0 aromatic carbocycles. The van der Waals surface area contributed by atoms with E-state index in [0.717, 1.165) is 57.2 Å². The summed E-state index contributed by atoms with van der Waals surface area (Å²) in [7, 11) is 0. The van der Waals surface area contributed by atoms with Crippen LogP contribution in [0.1, 0.15) is 58.3 Å². The predicted molar refractivity (Wildman–Crippen MR) is 104 cm³/mol. The van der Waals surface area contributed by atoms with Crippen molar-refractivity contribution in [3.05, 3.63) is 18.3 Å². The third kappa shape index (κ3) is 5.32. The molecular formula is C20H33N5O. The van der Waals surface area contributed by atoms with Crippen LogP contribution in [0.2, 0.25) is 0 Å². The molecule has 2 fully saturated rings. The molecule has 144 valence electrons. The van der Waals surface area contributed by atoms with Gasteiger partial charge in [-0.05, 0) is 50.2 Å². The van der Waals surface area contributed by atoms with Crippen molar-refractivity contribution in [2.75, 3.05) is 31.1 Å². The second kappa shape index (κ2) is 9.74. The summed E-state index contributed by atoms with van der Waals surface area (Å²) < 4.78 is 0. The van der Waals surface area contributed by atoms with E-state index in [4.69, 9.17) is 0 Å². The van der Waals surface area contributed by atoms with Crippen molar-refractivity contribution in [2.45, 2.75) is 64.3 Å². The van der Waals surface area contributed by atoms with Crippen molar-refractivity contribution >= 4 is 11.8 Å². The van der Waals surface area contributed by atoms with Gasteiger partial charge in [-0.25, -0.2) is 4.79 Å². The summed E-state index contributed by atoms with van der Waals surface area (Å²) in [5.41, 5.74) is 0. The van der Waals surface area contributed by atoms with Crippen LogP contribution in [-0.2, 0) is 0 Å². The van der Waals surface area contributed by atoms with E-state index < -0.39 is 0 Å². The van der Waals surface area contributed by atoms with E-state index in [2.05, 4.69) is 27.3 Å². The summed E-state index contributed by atoms with van der Waals surface area (Å²) in [6.07, 6.45) is 11.5. The van der Waals surface area contributed by atoms with Gasteiger partial charge in [-0.3, -0.25) is 0 Å². The van der Waals surface area contributed by atoms with Crippen molar-refractivity contribution < 1.29 is 4.79 Å². The number of unbranched alkanes of at least 4 members (excludes halogenated alkanes) is 1. The molecule has 6 nitrogen and oxygen atoms in total. The number of hydrogen-bond donors (Lipinski definition) is 1. The van der Waals surface area contributed by atoms with Crippen molar-refractivity contribution in [3.8, 4) is 0 Å². The Labute approximate surface area is 157 Å². The van der Waals surface area contributed by atoms with Crippen LogP contribution < -0.4 is 10.2 Å². The molecule has 2 heterocycles. The van der Waals surface area contributed by atoms with Crippen molar-refractivity contribution in [3.63, 3.8) is 0 Å². The molecule has 1 aliphatic carbocycles. The Morgan fingerprint density at radius 2 is 2.04 bits per heavy atom. The lowest BCUT2D eigenvalue weighted by Crippen LogP contribution is -2.47. The molecule has 1 aromatic heterocycles. The lowest BCUT2D eigenvalue weighted by Gasteiger charge is -2.31. The van der Waals surface area contributed by atoms with E-state index in [1.54, 1.807) is 6.20 Å². The van der Waals surface area contributed by atoms with E-state index in [1.807, 2.05) is 17.0 Å². The van der Waals surface area contributed by atoms with Crippen LogP contribution in [0.3, 0.4) is 0 Å². The van der Waals surface area contributed by atoms with Gasteiger partial charge in [0.1, 0.15) is 0 Å². The molecule has 0 spiro atoms. The first-order valence-electron chi connectivity index (χ1n) is 10.3. The zero-order valence-electron chi connectivity index (χ0n) is 16.1. The number of urea groups is 1. The first-order valence-corrected chi connectivity index (χ1v) is 10.3. The van der Waals surface area contributed by atoms with Crippen LogP contribution in [0.25, 0.3) is 0 Å². The van der Waals surface area contributed by atoms with Gasteiger partial charge in [-0.15, -0.1) is 5.10 Å². The summed E-state index contributed by atoms with van der Waals surface area (Å²) >= 11 is 0. The van der Waals surface area contributed by atoms with E-state index in [9.17, 15) is 4.79 Å². The minimum Gasteiger partial charge on any atom is -0.353 e. The summed E-state index contributed by atoms with van der Waals surface area (Å²) in [6, 6.07) is 4.37. The average molecular weight is 360 g/mol. The molecule has 0 bridgehead atoms. The number of carbonyl (C=O) groups is 1. The Morgan fingerprint density at radius 1 is 1.19 bits per heavy atom.